The van der Waals surface area contributed by atoms with Crippen molar-refractivity contribution < 1.29 is 4.79 Å². The third kappa shape index (κ3) is 5.22. The zero-order valence-corrected chi connectivity index (χ0v) is 14.9. The number of anilines is 1. The number of allylic oxidation sites excluding steroid dienone is 2. The molecule has 1 amide bonds. The molecule has 6 heteroatoms. The first-order valence-corrected chi connectivity index (χ1v) is 8.54. The van der Waals surface area contributed by atoms with Crippen molar-refractivity contribution >= 4 is 11.7 Å². The van der Waals surface area contributed by atoms with Gasteiger partial charge in [0.2, 0.25) is 5.91 Å². The molecule has 0 aliphatic carbocycles. The molecule has 0 bridgehead atoms. The number of amides is 1. The lowest BCUT2D eigenvalue weighted by Crippen LogP contribution is -2.46. The number of piperidine rings is 1. The Hall–Kier alpha value is -2.11. The maximum atomic E-state index is 12.2. The molecule has 1 aromatic heterocycles. The highest BCUT2D eigenvalue weighted by atomic mass is 16.2. The first kappa shape index (κ1) is 18.2. The van der Waals surface area contributed by atoms with Crippen molar-refractivity contribution in [2.24, 2.45) is 5.41 Å². The molecular formula is C18H28N4O2. The zero-order chi connectivity index (χ0) is 17.7. The van der Waals surface area contributed by atoms with Crippen LogP contribution < -0.4 is 11.3 Å². The average Bonchev–Trinajstić information content (AvgIpc) is 2.47. The van der Waals surface area contributed by atoms with Crippen LogP contribution in [0.5, 0.6) is 0 Å². The van der Waals surface area contributed by atoms with E-state index in [1.165, 1.54) is 11.6 Å². The van der Waals surface area contributed by atoms with Crippen molar-refractivity contribution in [3.8, 4) is 0 Å². The molecule has 1 aromatic rings. The maximum Gasteiger partial charge on any atom is 0.252 e. The highest BCUT2D eigenvalue weighted by Crippen LogP contribution is 2.34. The van der Waals surface area contributed by atoms with Gasteiger partial charge in [-0.25, -0.2) is 4.98 Å². The molecule has 132 valence electrons. The van der Waals surface area contributed by atoms with E-state index in [1.807, 2.05) is 4.90 Å². The molecule has 2 heterocycles. The number of carbonyl (C=O) groups is 1. The molecule has 1 fully saturated rings. The fourth-order valence-electron chi connectivity index (χ4n) is 3.20. The lowest BCUT2D eigenvalue weighted by molar-refractivity contribution is -0.137. The minimum absolute atomic E-state index is 0.149. The summed E-state index contributed by atoms with van der Waals surface area (Å²) in [5.74, 6) is 0.927. The fourth-order valence-corrected chi connectivity index (χ4v) is 3.20. The van der Waals surface area contributed by atoms with Gasteiger partial charge in [-0.1, -0.05) is 18.6 Å². The summed E-state index contributed by atoms with van der Waals surface area (Å²) in [6.45, 7) is 7.79. The Morgan fingerprint density at radius 3 is 2.88 bits per heavy atom. The Morgan fingerprint density at radius 2 is 2.21 bits per heavy atom. The molecule has 1 aliphatic rings. The Bertz CT molecular complexity index is 676. The van der Waals surface area contributed by atoms with E-state index in [4.69, 9.17) is 5.73 Å². The van der Waals surface area contributed by atoms with Crippen LogP contribution in [0.15, 0.2) is 22.5 Å². The number of nitrogens with one attached hydrogen (secondary N) is 1. The number of rotatable bonds is 6. The average molecular weight is 332 g/mol. The second kappa shape index (κ2) is 7.64. The van der Waals surface area contributed by atoms with Gasteiger partial charge in [-0.3, -0.25) is 9.59 Å². The van der Waals surface area contributed by atoms with Crippen LogP contribution in [0.2, 0.25) is 0 Å². The van der Waals surface area contributed by atoms with Crippen molar-refractivity contribution in [1.29, 1.82) is 0 Å². The standard InChI is InChI=1S/C18H28N4O2/c1-13(2)5-4-8-18(3)9-6-17(24)22(12-18)10-7-15-20-14(19)11-16(23)21-15/h5,11H,4,6-10,12H2,1-3H3,(H3,19,20,21,23)/t18-/m1/s1. The van der Waals surface area contributed by atoms with Crippen LogP contribution in [0.4, 0.5) is 5.82 Å². The maximum absolute atomic E-state index is 12.2. The van der Waals surface area contributed by atoms with Gasteiger partial charge in [0.1, 0.15) is 11.6 Å². The summed E-state index contributed by atoms with van der Waals surface area (Å²) in [5, 5.41) is 0. The van der Waals surface area contributed by atoms with Gasteiger partial charge in [0, 0.05) is 32.0 Å². The summed E-state index contributed by atoms with van der Waals surface area (Å²) in [5.41, 5.74) is 6.83. The molecule has 1 aliphatic heterocycles. The number of aromatic nitrogens is 2. The zero-order valence-electron chi connectivity index (χ0n) is 14.9. The van der Waals surface area contributed by atoms with Crippen LogP contribution in [-0.4, -0.2) is 33.9 Å². The van der Waals surface area contributed by atoms with Crippen LogP contribution >= 0.6 is 0 Å². The van der Waals surface area contributed by atoms with Crippen LogP contribution in [0.25, 0.3) is 0 Å². The van der Waals surface area contributed by atoms with Gasteiger partial charge >= 0.3 is 0 Å². The minimum atomic E-state index is -0.256. The number of carbonyl (C=O) groups excluding carboxylic acids is 1. The highest BCUT2D eigenvalue weighted by molar-refractivity contribution is 5.77. The van der Waals surface area contributed by atoms with Crippen LogP contribution in [0.3, 0.4) is 0 Å². The molecule has 0 saturated carbocycles. The quantitative estimate of drug-likeness (QED) is 0.782. The van der Waals surface area contributed by atoms with Crippen LogP contribution in [-0.2, 0) is 11.2 Å². The van der Waals surface area contributed by atoms with Gasteiger partial charge in [-0.05, 0) is 38.5 Å². The third-order valence-corrected chi connectivity index (χ3v) is 4.60. The van der Waals surface area contributed by atoms with E-state index in [1.54, 1.807) is 0 Å². The molecule has 6 nitrogen and oxygen atoms in total. The predicted octanol–water partition coefficient (Wildman–Crippen LogP) is 2.27. The summed E-state index contributed by atoms with van der Waals surface area (Å²) < 4.78 is 0. The van der Waals surface area contributed by atoms with E-state index in [0.717, 1.165) is 25.8 Å². The SMILES string of the molecule is CC(C)=CCC[C@]1(C)CCC(=O)N(CCc2nc(N)cc(=O)[nH]2)C1. The third-order valence-electron chi connectivity index (χ3n) is 4.60. The van der Waals surface area contributed by atoms with Crippen molar-refractivity contribution in [2.75, 3.05) is 18.8 Å². The molecule has 1 saturated heterocycles. The number of hydrogen-bond donors (Lipinski definition) is 2. The summed E-state index contributed by atoms with van der Waals surface area (Å²) in [4.78, 5) is 32.4. The topological polar surface area (TPSA) is 92.1 Å². The molecule has 0 aromatic carbocycles. The van der Waals surface area contributed by atoms with Gasteiger partial charge in [0.25, 0.3) is 5.56 Å². The number of nitrogens with zero attached hydrogens (tertiary/aromatic N) is 2. The van der Waals surface area contributed by atoms with Gasteiger partial charge < -0.3 is 15.6 Å². The molecular weight excluding hydrogens is 304 g/mol. The van der Waals surface area contributed by atoms with Gasteiger partial charge in [-0.15, -0.1) is 0 Å². The second-order valence-corrected chi connectivity index (χ2v) is 7.31. The van der Waals surface area contributed by atoms with Crippen molar-refractivity contribution in [1.82, 2.24) is 14.9 Å². The normalized spacial score (nSPS) is 21.0. The second-order valence-electron chi connectivity index (χ2n) is 7.31. The van der Waals surface area contributed by atoms with Gasteiger partial charge in [0.05, 0.1) is 0 Å². The van der Waals surface area contributed by atoms with Gasteiger partial charge in [0.15, 0.2) is 0 Å². The molecule has 3 N–H and O–H groups in total. The smallest absolute Gasteiger partial charge is 0.252 e. The van der Waals surface area contributed by atoms with Crippen molar-refractivity contribution in [3.63, 3.8) is 0 Å². The Morgan fingerprint density at radius 1 is 1.46 bits per heavy atom. The lowest BCUT2D eigenvalue weighted by Gasteiger charge is -2.40. The Kier molecular flexibility index (Phi) is 5.80. The number of nitrogen functional groups attached to an aromatic ring is 1. The summed E-state index contributed by atoms with van der Waals surface area (Å²) >= 11 is 0. The molecule has 2 rings (SSSR count). The molecule has 24 heavy (non-hydrogen) atoms. The molecule has 0 unspecified atom stereocenters. The van der Waals surface area contributed by atoms with Crippen LogP contribution in [0.1, 0.15) is 52.3 Å². The monoisotopic (exact) mass is 332 g/mol. The first-order chi connectivity index (χ1) is 11.3. The molecule has 1 atom stereocenters. The van der Waals surface area contributed by atoms with E-state index in [9.17, 15) is 9.59 Å². The van der Waals surface area contributed by atoms with E-state index >= 15 is 0 Å². The van der Waals surface area contributed by atoms with E-state index < -0.39 is 0 Å². The summed E-state index contributed by atoms with van der Waals surface area (Å²) in [6.07, 6.45) is 6.42. The number of H-pyrrole nitrogens is 1. The summed E-state index contributed by atoms with van der Waals surface area (Å²) in [7, 11) is 0. The van der Waals surface area contributed by atoms with E-state index in [2.05, 4.69) is 36.8 Å². The number of nitrogens with two attached hydrogens (primary N) is 1. The van der Waals surface area contributed by atoms with Gasteiger partial charge in [-0.2, -0.15) is 0 Å². The lowest BCUT2D eigenvalue weighted by atomic mass is 9.77. The predicted molar refractivity (Wildman–Crippen MR) is 95.6 cm³/mol. The van der Waals surface area contributed by atoms with Crippen molar-refractivity contribution in [2.45, 2.75) is 52.9 Å². The van der Waals surface area contributed by atoms with Crippen LogP contribution in [0, 0.1) is 5.41 Å². The highest BCUT2D eigenvalue weighted by Gasteiger charge is 2.34. The molecule has 0 spiro atoms. The molecule has 0 radical (unpaired) electrons. The largest absolute Gasteiger partial charge is 0.383 e. The Balaban J connectivity index is 1.96. The summed E-state index contributed by atoms with van der Waals surface area (Å²) in [6, 6.07) is 1.26. The van der Waals surface area contributed by atoms with E-state index in [0.29, 0.717) is 25.2 Å². The van der Waals surface area contributed by atoms with Crippen molar-refractivity contribution in [3.05, 3.63) is 33.9 Å². The Labute approximate surface area is 143 Å². The first-order valence-electron chi connectivity index (χ1n) is 8.54. The number of hydrogen-bond acceptors (Lipinski definition) is 4. The number of aromatic amines is 1. The number of likely N-dealkylation sites (tertiary alicyclic amines) is 1. The minimum Gasteiger partial charge on any atom is -0.383 e. The van der Waals surface area contributed by atoms with E-state index in [-0.39, 0.29) is 22.7 Å². The fraction of sp³-hybridized carbons (Fsp3) is 0.611.